The molecule has 0 amide bonds. The third-order valence-corrected chi connectivity index (χ3v) is 11.5. The minimum Gasteiger partial charge on any atom is -0.490 e. The van der Waals surface area contributed by atoms with Gasteiger partial charge in [0, 0.05) is 57.6 Å². The van der Waals surface area contributed by atoms with E-state index in [0.717, 1.165) is 27.8 Å². The molecule has 0 aliphatic rings. The van der Waals surface area contributed by atoms with Gasteiger partial charge in [0.15, 0.2) is 11.6 Å². The molecule has 73 heavy (non-hydrogen) atoms. The summed E-state index contributed by atoms with van der Waals surface area (Å²) in [5.41, 5.74) is 7.49. The highest BCUT2D eigenvalue weighted by atomic mass is 16.5. The van der Waals surface area contributed by atoms with Crippen molar-refractivity contribution in [1.82, 2.24) is 0 Å². The molecule has 0 aromatic heterocycles. The number of benzene rings is 7. The van der Waals surface area contributed by atoms with Gasteiger partial charge in [-0.25, -0.2) is 9.59 Å². The lowest BCUT2D eigenvalue weighted by Crippen LogP contribution is -2.33. The molecule has 0 bridgehead atoms. The number of rotatable bonds is 20. The van der Waals surface area contributed by atoms with Crippen LogP contribution in [0.1, 0.15) is 61.0 Å². The Kier molecular flexibility index (Phi) is 18.7. The number of ketones is 2. The molecule has 0 saturated heterocycles. The number of hydrogen-bond donors (Lipinski definition) is 2. The van der Waals surface area contributed by atoms with Crippen molar-refractivity contribution in [2.45, 2.75) is 31.8 Å². The van der Waals surface area contributed by atoms with Crippen LogP contribution in [0, 0.1) is 23.7 Å². The molecule has 0 saturated carbocycles. The molecule has 0 aliphatic carbocycles. The van der Waals surface area contributed by atoms with Crippen molar-refractivity contribution < 1.29 is 38.1 Å². The lowest BCUT2D eigenvalue weighted by Gasteiger charge is -2.20. The summed E-state index contributed by atoms with van der Waals surface area (Å²) >= 11 is 0. The van der Waals surface area contributed by atoms with Crippen LogP contribution in [-0.4, -0.2) is 63.0 Å². The Balaban J connectivity index is 0.836. The Labute approximate surface area is 426 Å². The predicted molar refractivity (Wildman–Crippen MR) is 286 cm³/mol. The van der Waals surface area contributed by atoms with Crippen LogP contribution >= 0.6 is 0 Å². The highest BCUT2D eigenvalue weighted by molar-refractivity contribution is 6.13. The highest BCUT2D eigenvalue weighted by Gasteiger charge is 2.24. The van der Waals surface area contributed by atoms with Crippen LogP contribution in [0.5, 0.6) is 11.5 Å². The second kappa shape index (κ2) is 26.6. The number of methoxy groups -OCH3 is 2. The number of allylic oxidation sites excluding steroid dienone is 2. The van der Waals surface area contributed by atoms with E-state index >= 15 is 0 Å². The second-order valence-corrected chi connectivity index (χ2v) is 16.6. The van der Waals surface area contributed by atoms with E-state index in [0.29, 0.717) is 71.2 Å². The first kappa shape index (κ1) is 51.5. The van der Waals surface area contributed by atoms with E-state index in [-0.39, 0.29) is 11.6 Å². The first-order valence-corrected chi connectivity index (χ1v) is 23.6. The largest absolute Gasteiger partial charge is 0.490 e. The van der Waals surface area contributed by atoms with Crippen LogP contribution in [0.25, 0.3) is 0 Å². The summed E-state index contributed by atoms with van der Waals surface area (Å²) in [6, 6.07) is 53.6. The van der Waals surface area contributed by atoms with Gasteiger partial charge in [-0.15, -0.1) is 0 Å². The Hall–Kier alpha value is -9.38. The average Bonchev–Trinajstić information content (AvgIpc) is 3.44. The maximum Gasteiger partial charge on any atom is 0.328 e. The molecule has 7 aromatic rings. The summed E-state index contributed by atoms with van der Waals surface area (Å²) in [5.74, 6) is 12.7. The number of para-hydroxylation sites is 2. The van der Waals surface area contributed by atoms with Gasteiger partial charge in [0.2, 0.25) is 0 Å². The Morgan fingerprint density at radius 3 is 1.40 bits per heavy atom. The number of anilines is 2. The van der Waals surface area contributed by atoms with Gasteiger partial charge in [-0.05, 0) is 115 Å². The summed E-state index contributed by atoms with van der Waals surface area (Å²) in [6.07, 6.45) is 6.16. The Morgan fingerprint density at radius 1 is 0.507 bits per heavy atom. The zero-order chi connectivity index (χ0) is 51.2. The first-order chi connectivity index (χ1) is 35.7. The van der Waals surface area contributed by atoms with Crippen LogP contribution in [0.4, 0.5) is 11.4 Å². The first-order valence-electron chi connectivity index (χ1n) is 23.6. The van der Waals surface area contributed by atoms with E-state index in [1.807, 2.05) is 140 Å². The smallest absolute Gasteiger partial charge is 0.328 e. The molecule has 10 nitrogen and oxygen atoms in total. The van der Waals surface area contributed by atoms with Gasteiger partial charge in [0.25, 0.3) is 0 Å². The molecular formula is C63H54N2O8. The second-order valence-electron chi connectivity index (χ2n) is 16.6. The molecule has 0 radical (unpaired) electrons. The van der Waals surface area contributed by atoms with Crippen molar-refractivity contribution in [1.29, 1.82) is 0 Å². The van der Waals surface area contributed by atoms with Crippen LogP contribution in [0.2, 0.25) is 0 Å². The summed E-state index contributed by atoms with van der Waals surface area (Å²) in [4.78, 5) is 52.3. The zero-order valence-corrected chi connectivity index (χ0v) is 40.8. The average molecular weight is 967 g/mol. The van der Waals surface area contributed by atoms with E-state index in [1.54, 1.807) is 66.7 Å². The van der Waals surface area contributed by atoms with Crippen LogP contribution in [-0.2, 0) is 31.9 Å². The molecule has 2 N–H and O–H groups in total. The minimum absolute atomic E-state index is 0.142. The monoisotopic (exact) mass is 966 g/mol. The maximum atomic E-state index is 13.3. The third-order valence-electron chi connectivity index (χ3n) is 11.5. The number of nitrogens with one attached hydrogen (secondary N) is 2. The van der Waals surface area contributed by atoms with Gasteiger partial charge < -0.3 is 29.6 Å². The van der Waals surface area contributed by atoms with E-state index in [2.05, 4.69) is 34.3 Å². The Morgan fingerprint density at radius 2 is 0.932 bits per heavy atom. The normalized spacial score (nSPS) is 11.6. The van der Waals surface area contributed by atoms with Gasteiger partial charge in [0.1, 0.15) is 36.8 Å². The fraction of sp³-hybridized carbons (Fsp3) is 0.143. The zero-order valence-electron chi connectivity index (χ0n) is 40.8. The van der Waals surface area contributed by atoms with E-state index in [9.17, 15) is 19.2 Å². The number of hydrogen-bond acceptors (Lipinski definition) is 10. The van der Waals surface area contributed by atoms with Crippen molar-refractivity contribution in [3.63, 3.8) is 0 Å². The fourth-order valence-electron chi connectivity index (χ4n) is 7.56. The minimum atomic E-state index is -0.729. The fourth-order valence-corrected chi connectivity index (χ4v) is 7.56. The van der Waals surface area contributed by atoms with Gasteiger partial charge in [-0.2, -0.15) is 0 Å². The van der Waals surface area contributed by atoms with Gasteiger partial charge >= 0.3 is 11.9 Å². The predicted octanol–water partition coefficient (Wildman–Crippen LogP) is 10.9. The Bertz CT molecular complexity index is 3180. The number of carbonyl (C=O) groups is 4. The van der Waals surface area contributed by atoms with Crippen molar-refractivity contribution in [3.8, 4) is 35.2 Å². The lowest BCUT2D eigenvalue weighted by molar-refractivity contribution is -0.142. The molecule has 2 atom stereocenters. The molecule has 0 heterocycles. The summed E-state index contributed by atoms with van der Waals surface area (Å²) in [5, 5.41) is 6.49. The lowest BCUT2D eigenvalue weighted by atomic mass is 10.00. The number of esters is 2. The number of ether oxygens (including phenoxy) is 4. The third kappa shape index (κ3) is 15.3. The van der Waals surface area contributed by atoms with Crippen LogP contribution < -0.4 is 20.1 Å². The van der Waals surface area contributed by atoms with Gasteiger partial charge in [-0.1, -0.05) is 133 Å². The van der Waals surface area contributed by atoms with Gasteiger partial charge in [-0.3, -0.25) is 9.59 Å². The van der Waals surface area contributed by atoms with Gasteiger partial charge in [0.05, 0.1) is 14.2 Å². The summed E-state index contributed by atoms with van der Waals surface area (Å²) < 4.78 is 22.1. The number of carbonyl (C=O) groups excluding carboxylic acids is 4. The quantitative estimate of drug-likeness (QED) is 0.0433. The summed E-state index contributed by atoms with van der Waals surface area (Å²) in [7, 11) is 2.69. The van der Waals surface area contributed by atoms with Crippen molar-refractivity contribution in [2.24, 2.45) is 0 Å². The van der Waals surface area contributed by atoms with E-state index in [1.165, 1.54) is 14.2 Å². The SMILES string of the molecule is COC(=O)C(Cc1ccc(OCC=CC#Cc2ccc(C#CC(C)=CCOc3ccc(CC(Nc4ccccc4C(=O)c4ccccc4)C(=O)OC)cc3)cc2)cc1)Nc1ccccc1C(=O)c1ccccc1. The molecule has 364 valence electrons. The van der Waals surface area contributed by atoms with E-state index < -0.39 is 24.0 Å². The molecule has 10 heteroatoms. The van der Waals surface area contributed by atoms with Crippen LogP contribution in [0.15, 0.2) is 206 Å². The molecule has 0 fully saturated rings. The molecule has 7 aromatic carbocycles. The summed E-state index contributed by atoms with van der Waals surface area (Å²) in [6.45, 7) is 2.57. The standard InChI is InChI=1S/C63H54N2O8/c1-45(40-42-73-53-38-34-49(35-39-53)44-59(63(69)71-3)65-57-25-15-13-23-55(57)61(67)51-20-10-5-11-21-51)26-27-47-30-28-46(29-31-47)17-7-6-16-41-72-52-36-32-48(33-37-52)43-58(62(68)70-2)64-56-24-14-12-22-54(56)60(66)50-18-8-4-9-19-50/h4-6,8-16,18-25,28-40,58-59,64-65H,41-44H2,1-3H3. The molecule has 0 aliphatic heterocycles. The molecule has 7 rings (SSSR count). The van der Waals surface area contributed by atoms with Crippen molar-refractivity contribution >= 4 is 34.9 Å². The molecule has 0 spiro atoms. The van der Waals surface area contributed by atoms with Crippen LogP contribution in [0.3, 0.4) is 0 Å². The maximum absolute atomic E-state index is 13.3. The topological polar surface area (TPSA) is 129 Å². The molecular weight excluding hydrogens is 913 g/mol. The van der Waals surface area contributed by atoms with E-state index in [4.69, 9.17) is 18.9 Å². The van der Waals surface area contributed by atoms with Crippen molar-refractivity contribution in [2.75, 3.05) is 38.1 Å². The van der Waals surface area contributed by atoms with Crippen molar-refractivity contribution in [3.05, 3.63) is 250 Å². The molecule has 2 unspecified atom stereocenters. The highest BCUT2D eigenvalue weighted by Crippen LogP contribution is 2.24.